The van der Waals surface area contributed by atoms with Crippen LogP contribution in [0.15, 0.2) is 11.6 Å². The molecule has 0 spiro atoms. The maximum Gasteiger partial charge on any atom is 0.192 e. The summed E-state index contributed by atoms with van der Waals surface area (Å²) in [6.07, 6.45) is 6.35. The first kappa shape index (κ1) is 22.4. The van der Waals surface area contributed by atoms with Gasteiger partial charge in [0.15, 0.2) is 19.9 Å². The SMILES string of the molecule is CC(C)(C)[Si](C)(C)O[C@H]1CC[C@@]2(C)C(=CC(=O)[C@@H]3[C@@H]2CC[C@]2(C)C(=O)[C@H](O)C[C@@H]32)C1. The molecule has 168 valence electrons. The minimum Gasteiger partial charge on any atom is -0.414 e. The second kappa shape index (κ2) is 6.86. The summed E-state index contributed by atoms with van der Waals surface area (Å²) in [5.74, 6) is 0.317. The summed E-state index contributed by atoms with van der Waals surface area (Å²) in [6, 6.07) is 0. The third-order valence-electron chi connectivity index (χ3n) is 9.90. The zero-order valence-electron chi connectivity index (χ0n) is 19.9. The average Bonchev–Trinajstić information content (AvgIpc) is 2.85. The van der Waals surface area contributed by atoms with Crippen LogP contribution in [0.4, 0.5) is 0 Å². The number of carbonyl (C=O) groups excluding carboxylic acids is 2. The number of ketones is 2. The molecule has 4 rings (SSSR count). The standard InChI is InChI=1S/C25H40O4Si/c1-23(2,3)30(6,7)29-16-8-10-24(4)15(12-16)13-19(26)21-17(24)9-11-25(5)18(21)14-20(27)22(25)28/h13,16-18,20-21,27H,8-12,14H2,1-7H3/t16-,17-,18-,20+,21+,24-,25-/m0/s1. The first-order valence-corrected chi connectivity index (χ1v) is 14.8. The van der Waals surface area contributed by atoms with Crippen molar-refractivity contribution in [2.75, 3.05) is 0 Å². The molecule has 7 atom stereocenters. The Morgan fingerprint density at radius 1 is 1.07 bits per heavy atom. The largest absolute Gasteiger partial charge is 0.414 e. The van der Waals surface area contributed by atoms with Gasteiger partial charge in [0.1, 0.15) is 6.10 Å². The Morgan fingerprint density at radius 2 is 1.70 bits per heavy atom. The van der Waals surface area contributed by atoms with Gasteiger partial charge in [0, 0.05) is 17.4 Å². The van der Waals surface area contributed by atoms with E-state index in [2.05, 4.69) is 40.8 Å². The highest BCUT2D eigenvalue weighted by Crippen LogP contribution is 2.63. The van der Waals surface area contributed by atoms with Gasteiger partial charge >= 0.3 is 0 Å². The van der Waals surface area contributed by atoms with Gasteiger partial charge in [0.05, 0.1) is 0 Å². The summed E-state index contributed by atoms with van der Waals surface area (Å²) in [7, 11) is -1.85. The van der Waals surface area contributed by atoms with Crippen molar-refractivity contribution in [2.24, 2.45) is 28.6 Å². The van der Waals surface area contributed by atoms with Gasteiger partial charge in [0.2, 0.25) is 0 Å². The molecule has 0 bridgehead atoms. The molecule has 4 aliphatic carbocycles. The molecular weight excluding hydrogens is 392 g/mol. The van der Waals surface area contributed by atoms with Gasteiger partial charge < -0.3 is 9.53 Å². The van der Waals surface area contributed by atoms with E-state index in [-0.39, 0.29) is 45.9 Å². The smallest absolute Gasteiger partial charge is 0.192 e. The number of aliphatic hydroxyl groups is 1. The third kappa shape index (κ3) is 3.14. The van der Waals surface area contributed by atoms with Crippen LogP contribution < -0.4 is 0 Å². The highest BCUT2D eigenvalue weighted by atomic mass is 28.4. The molecule has 4 nitrogen and oxygen atoms in total. The molecule has 1 N–H and O–H groups in total. The second-order valence-electron chi connectivity index (χ2n) is 12.5. The quantitative estimate of drug-likeness (QED) is 0.620. The number of fused-ring (bicyclic) bond motifs is 5. The van der Waals surface area contributed by atoms with E-state index in [9.17, 15) is 14.7 Å². The lowest BCUT2D eigenvalue weighted by Crippen LogP contribution is -2.54. The molecule has 0 saturated heterocycles. The maximum atomic E-state index is 13.4. The molecule has 0 aromatic rings. The molecule has 30 heavy (non-hydrogen) atoms. The fraction of sp³-hybridized carbons (Fsp3) is 0.840. The summed E-state index contributed by atoms with van der Waals surface area (Å²) >= 11 is 0. The van der Waals surface area contributed by atoms with Gasteiger partial charge in [-0.05, 0) is 80.0 Å². The Hall–Kier alpha value is -0.783. The average molecular weight is 433 g/mol. The number of allylic oxidation sites excluding steroid dienone is 1. The first-order valence-electron chi connectivity index (χ1n) is 11.9. The predicted molar refractivity (Wildman–Crippen MR) is 121 cm³/mol. The van der Waals surface area contributed by atoms with Crippen molar-refractivity contribution in [3.8, 4) is 0 Å². The number of hydrogen-bond donors (Lipinski definition) is 1. The Balaban J connectivity index is 1.60. The highest BCUT2D eigenvalue weighted by molar-refractivity contribution is 6.74. The molecule has 0 unspecified atom stereocenters. The van der Waals surface area contributed by atoms with Gasteiger partial charge in [-0.3, -0.25) is 9.59 Å². The van der Waals surface area contributed by atoms with Crippen LogP contribution in [0, 0.1) is 28.6 Å². The number of hydrogen-bond acceptors (Lipinski definition) is 4. The monoisotopic (exact) mass is 432 g/mol. The Kier molecular flexibility index (Phi) is 5.12. The van der Waals surface area contributed by atoms with Gasteiger partial charge in [-0.2, -0.15) is 0 Å². The summed E-state index contributed by atoms with van der Waals surface area (Å²) in [4.78, 5) is 26.0. The Labute approximate surface area is 183 Å². The van der Waals surface area contributed by atoms with Crippen molar-refractivity contribution >= 4 is 19.9 Å². The number of rotatable bonds is 2. The Bertz CT molecular complexity index is 793. The van der Waals surface area contributed by atoms with Crippen molar-refractivity contribution in [3.63, 3.8) is 0 Å². The summed E-state index contributed by atoms with van der Waals surface area (Å²) in [5.41, 5.74) is 0.766. The van der Waals surface area contributed by atoms with Crippen molar-refractivity contribution in [3.05, 3.63) is 11.6 Å². The van der Waals surface area contributed by atoms with E-state index < -0.39 is 19.8 Å². The fourth-order valence-electron chi connectivity index (χ4n) is 6.86. The fourth-order valence-corrected chi connectivity index (χ4v) is 8.25. The molecular formula is C25H40O4Si. The van der Waals surface area contributed by atoms with Crippen LogP contribution in [0.5, 0.6) is 0 Å². The first-order chi connectivity index (χ1) is 13.7. The predicted octanol–water partition coefficient (Wildman–Crippen LogP) is 5.06. The van der Waals surface area contributed by atoms with E-state index in [4.69, 9.17) is 4.43 Å². The zero-order chi connectivity index (χ0) is 22.3. The number of carbonyl (C=O) groups is 2. The minimum atomic E-state index is -1.85. The van der Waals surface area contributed by atoms with Crippen molar-refractivity contribution in [1.29, 1.82) is 0 Å². The van der Waals surface area contributed by atoms with Crippen LogP contribution in [-0.2, 0) is 14.0 Å². The van der Waals surface area contributed by atoms with E-state index in [0.717, 1.165) is 32.1 Å². The van der Waals surface area contributed by atoms with Crippen LogP contribution in [0.3, 0.4) is 0 Å². The molecule has 0 aromatic heterocycles. The Morgan fingerprint density at radius 3 is 2.33 bits per heavy atom. The maximum absolute atomic E-state index is 13.4. The van der Waals surface area contributed by atoms with Gasteiger partial charge in [-0.25, -0.2) is 0 Å². The molecule has 3 saturated carbocycles. The van der Waals surface area contributed by atoms with Crippen molar-refractivity contribution in [2.45, 2.75) is 103 Å². The van der Waals surface area contributed by atoms with E-state index in [0.29, 0.717) is 6.42 Å². The van der Waals surface area contributed by atoms with Crippen LogP contribution in [-0.4, -0.2) is 37.2 Å². The molecule has 0 aliphatic heterocycles. The molecule has 0 aromatic carbocycles. The lowest BCUT2D eigenvalue weighted by molar-refractivity contribution is -0.141. The molecule has 0 radical (unpaired) electrons. The number of aliphatic hydroxyl groups excluding tert-OH is 1. The van der Waals surface area contributed by atoms with Crippen LogP contribution in [0.25, 0.3) is 0 Å². The normalized spacial score (nSPS) is 44.3. The van der Waals surface area contributed by atoms with E-state index in [1.54, 1.807) is 0 Å². The van der Waals surface area contributed by atoms with E-state index in [1.165, 1.54) is 5.57 Å². The zero-order valence-corrected chi connectivity index (χ0v) is 20.9. The van der Waals surface area contributed by atoms with Crippen molar-refractivity contribution < 1.29 is 19.1 Å². The van der Waals surface area contributed by atoms with E-state index >= 15 is 0 Å². The summed E-state index contributed by atoms with van der Waals surface area (Å²) in [6.45, 7) is 15.8. The molecule has 5 heteroatoms. The van der Waals surface area contributed by atoms with E-state index in [1.807, 2.05) is 13.0 Å². The van der Waals surface area contributed by atoms with Crippen molar-refractivity contribution in [1.82, 2.24) is 0 Å². The lowest BCUT2D eigenvalue weighted by atomic mass is 9.48. The highest BCUT2D eigenvalue weighted by Gasteiger charge is 2.63. The minimum absolute atomic E-state index is 0.0120. The molecule has 0 heterocycles. The number of Topliss-reactive ketones (excluding diaryl/α,β-unsaturated/α-hetero) is 1. The summed E-state index contributed by atoms with van der Waals surface area (Å²) < 4.78 is 6.73. The van der Waals surface area contributed by atoms with Gasteiger partial charge in [-0.1, -0.05) is 40.2 Å². The molecule has 4 aliphatic rings. The van der Waals surface area contributed by atoms with Gasteiger partial charge in [-0.15, -0.1) is 0 Å². The second-order valence-corrected chi connectivity index (χ2v) is 17.3. The van der Waals surface area contributed by atoms with Crippen LogP contribution >= 0.6 is 0 Å². The summed E-state index contributed by atoms with van der Waals surface area (Å²) in [5, 5.41) is 10.5. The van der Waals surface area contributed by atoms with Gasteiger partial charge in [0.25, 0.3) is 0 Å². The third-order valence-corrected chi connectivity index (χ3v) is 14.4. The lowest BCUT2D eigenvalue weighted by Gasteiger charge is -2.56. The van der Waals surface area contributed by atoms with Crippen LogP contribution in [0.2, 0.25) is 18.1 Å². The van der Waals surface area contributed by atoms with Crippen LogP contribution in [0.1, 0.15) is 73.1 Å². The topological polar surface area (TPSA) is 63.6 Å². The molecule has 3 fully saturated rings. The molecule has 0 amide bonds.